The van der Waals surface area contributed by atoms with Crippen molar-refractivity contribution in [2.75, 3.05) is 0 Å². The average Bonchev–Trinajstić information content (AvgIpc) is 3.11. The first-order valence-electron chi connectivity index (χ1n) is 10.9. The maximum absolute atomic E-state index is 12.3. The summed E-state index contributed by atoms with van der Waals surface area (Å²) in [4.78, 5) is 23.8. The third-order valence-corrected chi connectivity index (χ3v) is 5.60. The lowest BCUT2D eigenvalue weighted by molar-refractivity contribution is -0.150. The molecule has 150 valence electrons. The minimum atomic E-state index is -0.144. The van der Waals surface area contributed by atoms with Gasteiger partial charge in [-0.3, -0.25) is 9.59 Å². The highest BCUT2D eigenvalue weighted by molar-refractivity contribution is 5.81. The lowest BCUT2D eigenvalue weighted by atomic mass is 9.94. The Kier molecular flexibility index (Phi) is 9.58. The van der Waals surface area contributed by atoms with Crippen molar-refractivity contribution in [3.8, 4) is 0 Å². The molecule has 1 aromatic carbocycles. The standard InChI is InChI=1S/C24H36O3/c1-3-5-7-9-11-24(26)27-23(10-8-6-4-2)20-14-12-19(13-15-20)21-16-17-22(25)18-21/h12-15,21,23H,3-11,16-18H2,1-2H3/t21-,23-/m1/s1. The molecule has 1 aromatic rings. The van der Waals surface area contributed by atoms with Crippen LogP contribution in [-0.2, 0) is 14.3 Å². The fourth-order valence-corrected chi connectivity index (χ4v) is 3.87. The molecule has 0 heterocycles. The maximum Gasteiger partial charge on any atom is 0.306 e. The average molecular weight is 373 g/mol. The van der Waals surface area contributed by atoms with Gasteiger partial charge in [0.15, 0.2) is 0 Å². The fourth-order valence-electron chi connectivity index (χ4n) is 3.87. The van der Waals surface area contributed by atoms with Crippen LogP contribution in [0.5, 0.6) is 0 Å². The number of carbonyl (C=O) groups excluding carboxylic acids is 2. The van der Waals surface area contributed by atoms with Crippen molar-refractivity contribution in [2.24, 2.45) is 0 Å². The van der Waals surface area contributed by atoms with Crippen molar-refractivity contribution in [1.29, 1.82) is 0 Å². The van der Waals surface area contributed by atoms with Crippen LogP contribution in [0, 0.1) is 0 Å². The van der Waals surface area contributed by atoms with Crippen molar-refractivity contribution in [2.45, 2.75) is 103 Å². The number of Topliss-reactive ketones (excluding diaryl/α,β-unsaturated/α-hetero) is 1. The van der Waals surface area contributed by atoms with Crippen LogP contribution >= 0.6 is 0 Å². The molecule has 0 bridgehead atoms. The van der Waals surface area contributed by atoms with E-state index in [1.807, 2.05) is 0 Å². The second kappa shape index (κ2) is 11.9. The maximum atomic E-state index is 12.3. The van der Waals surface area contributed by atoms with Crippen LogP contribution < -0.4 is 0 Å². The number of benzene rings is 1. The van der Waals surface area contributed by atoms with Gasteiger partial charge < -0.3 is 4.74 Å². The van der Waals surface area contributed by atoms with Gasteiger partial charge in [-0.1, -0.05) is 70.2 Å². The zero-order valence-electron chi connectivity index (χ0n) is 17.2. The number of ketones is 1. The van der Waals surface area contributed by atoms with Gasteiger partial charge in [-0.25, -0.2) is 0 Å². The van der Waals surface area contributed by atoms with E-state index in [0.29, 0.717) is 31.0 Å². The van der Waals surface area contributed by atoms with Gasteiger partial charge in [-0.2, -0.15) is 0 Å². The molecule has 0 aliphatic heterocycles. The first-order valence-corrected chi connectivity index (χ1v) is 10.9. The Morgan fingerprint density at radius 1 is 1.04 bits per heavy atom. The topological polar surface area (TPSA) is 43.4 Å². The molecule has 3 nitrogen and oxygen atoms in total. The van der Waals surface area contributed by atoms with Gasteiger partial charge in [0.25, 0.3) is 0 Å². The van der Waals surface area contributed by atoms with Crippen LogP contribution in [0.2, 0.25) is 0 Å². The third-order valence-electron chi connectivity index (χ3n) is 5.60. The van der Waals surface area contributed by atoms with Crippen LogP contribution in [0.4, 0.5) is 0 Å². The summed E-state index contributed by atoms with van der Waals surface area (Å²) in [6.07, 6.45) is 11.4. The molecule has 27 heavy (non-hydrogen) atoms. The van der Waals surface area contributed by atoms with E-state index in [1.54, 1.807) is 0 Å². The zero-order valence-corrected chi connectivity index (χ0v) is 17.2. The van der Waals surface area contributed by atoms with E-state index < -0.39 is 0 Å². The van der Waals surface area contributed by atoms with E-state index >= 15 is 0 Å². The van der Waals surface area contributed by atoms with Crippen LogP contribution in [-0.4, -0.2) is 11.8 Å². The summed E-state index contributed by atoms with van der Waals surface area (Å²) in [5.41, 5.74) is 2.32. The second-order valence-corrected chi connectivity index (χ2v) is 7.93. The first-order chi connectivity index (χ1) is 13.1. The number of carbonyl (C=O) groups is 2. The molecule has 0 spiro atoms. The molecule has 0 saturated heterocycles. The quantitative estimate of drug-likeness (QED) is 0.304. The van der Waals surface area contributed by atoms with Crippen LogP contribution in [0.15, 0.2) is 24.3 Å². The third kappa shape index (κ3) is 7.48. The summed E-state index contributed by atoms with van der Waals surface area (Å²) < 4.78 is 5.85. The van der Waals surface area contributed by atoms with Crippen molar-refractivity contribution < 1.29 is 14.3 Å². The normalized spacial score (nSPS) is 17.9. The minimum Gasteiger partial charge on any atom is -0.457 e. The van der Waals surface area contributed by atoms with E-state index in [2.05, 4.69) is 38.1 Å². The van der Waals surface area contributed by atoms with E-state index in [9.17, 15) is 9.59 Å². The Balaban J connectivity index is 1.95. The van der Waals surface area contributed by atoms with Gasteiger partial charge in [-0.05, 0) is 42.7 Å². The number of esters is 1. The SMILES string of the molecule is CCCCCCC(=O)O[C@H](CCCCC)c1ccc([C@@H]2CCC(=O)C2)cc1. The predicted octanol–water partition coefficient (Wildman–Crippen LogP) is 6.66. The number of ether oxygens (including phenoxy) is 1. The highest BCUT2D eigenvalue weighted by Crippen LogP contribution is 2.33. The molecule has 1 aliphatic carbocycles. The van der Waals surface area contributed by atoms with Gasteiger partial charge in [0.05, 0.1) is 0 Å². The molecule has 1 aliphatic rings. The number of rotatable bonds is 12. The molecule has 0 amide bonds. The number of hydrogen-bond donors (Lipinski definition) is 0. The smallest absolute Gasteiger partial charge is 0.306 e. The van der Waals surface area contributed by atoms with Crippen molar-refractivity contribution in [1.82, 2.24) is 0 Å². The second-order valence-electron chi connectivity index (χ2n) is 7.93. The largest absolute Gasteiger partial charge is 0.457 e. The van der Waals surface area contributed by atoms with Crippen molar-refractivity contribution >= 4 is 11.8 Å². The van der Waals surface area contributed by atoms with Crippen molar-refractivity contribution in [3.63, 3.8) is 0 Å². The van der Waals surface area contributed by atoms with E-state index in [-0.39, 0.29) is 12.1 Å². The first kappa shape index (κ1) is 21.7. The Bertz CT molecular complexity index is 576. The Morgan fingerprint density at radius 3 is 2.37 bits per heavy atom. The fraction of sp³-hybridized carbons (Fsp3) is 0.667. The van der Waals surface area contributed by atoms with Gasteiger partial charge in [0, 0.05) is 19.3 Å². The van der Waals surface area contributed by atoms with E-state index in [4.69, 9.17) is 4.74 Å². The number of unbranched alkanes of at least 4 members (excludes halogenated alkanes) is 5. The molecule has 0 aromatic heterocycles. The molecule has 0 unspecified atom stereocenters. The van der Waals surface area contributed by atoms with Gasteiger partial charge in [0.2, 0.25) is 0 Å². The molecule has 0 N–H and O–H groups in total. The van der Waals surface area contributed by atoms with Crippen LogP contribution in [0.25, 0.3) is 0 Å². The van der Waals surface area contributed by atoms with Crippen LogP contribution in [0.3, 0.4) is 0 Å². The highest BCUT2D eigenvalue weighted by Gasteiger charge is 2.24. The Labute approximate surface area is 164 Å². The summed E-state index contributed by atoms with van der Waals surface area (Å²) in [5.74, 6) is 0.669. The number of hydrogen-bond acceptors (Lipinski definition) is 3. The zero-order chi connectivity index (χ0) is 19.5. The molecular formula is C24H36O3. The lowest BCUT2D eigenvalue weighted by Crippen LogP contribution is -2.12. The lowest BCUT2D eigenvalue weighted by Gasteiger charge is -2.19. The summed E-state index contributed by atoms with van der Waals surface area (Å²) >= 11 is 0. The molecule has 1 fully saturated rings. The molecule has 2 atom stereocenters. The Morgan fingerprint density at radius 2 is 1.74 bits per heavy atom. The summed E-state index contributed by atoms with van der Waals surface area (Å²) in [6.45, 7) is 4.36. The molecule has 1 saturated carbocycles. The summed E-state index contributed by atoms with van der Waals surface area (Å²) in [7, 11) is 0. The summed E-state index contributed by atoms with van der Waals surface area (Å²) in [5, 5.41) is 0. The molecule has 2 rings (SSSR count). The monoisotopic (exact) mass is 372 g/mol. The predicted molar refractivity (Wildman–Crippen MR) is 110 cm³/mol. The molecule has 0 radical (unpaired) electrons. The molecular weight excluding hydrogens is 336 g/mol. The minimum absolute atomic E-state index is 0.0712. The van der Waals surface area contributed by atoms with E-state index in [0.717, 1.165) is 50.5 Å². The highest BCUT2D eigenvalue weighted by atomic mass is 16.5. The Hall–Kier alpha value is -1.64. The van der Waals surface area contributed by atoms with E-state index in [1.165, 1.54) is 18.4 Å². The van der Waals surface area contributed by atoms with Crippen molar-refractivity contribution in [3.05, 3.63) is 35.4 Å². The van der Waals surface area contributed by atoms with Gasteiger partial charge >= 0.3 is 5.97 Å². The van der Waals surface area contributed by atoms with Gasteiger partial charge in [0.1, 0.15) is 11.9 Å². The summed E-state index contributed by atoms with van der Waals surface area (Å²) in [6, 6.07) is 8.44. The van der Waals surface area contributed by atoms with Gasteiger partial charge in [-0.15, -0.1) is 0 Å². The van der Waals surface area contributed by atoms with Crippen LogP contribution in [0.1, 0.15) is 114 Å². The molecule has 3 heteroatoms.